The van der Waals surface area contributed by atoms with Gasteiger partial charge < -0.3 is 4.52 Å². The van der Waals surface area contributed by atoms with Gasteiger partial charge in [-0.25, -0.2) is 0 Å². The summed E-state index contributed by atoms with van der Waals surface area (Å²) in [5, 5.41) is 4.04. The molecule has 3 nitrogen and oxygen atoms in total. The molecule has 0 amide bonds. The van der Waals surface area contributed by atoms with Gasteiger partial charge in [-0.05, 0) is 24.7 Å². The fourth-order valence-electron chi connectivity index (χ4n) is 1.90. The lowest BCUT2D eigenvalue weighted by Gasteiger charge is -1.84. The SMILES string of the molecule is CC1CC1c1noc([C@H]2C[C@@H]2C)n1. The maximum Gasteiger partial charge on any atom is 0.230 e. The first-order chi connectivity index (χ1) is 6.25. The molecule has 0 spiro atoms. The molecule has 1 heterocycles. The maximum absolute atomic E-state index is 5.25. The minimum Gasteiger partial charge on any atom is -0.339 e. The number of hydrogen-bond donors (Lipinski definition) is 0. The lowest BCUT2D eigenvalue weighted by molar-refractivity contribution is 0.370. The molecule has 0 aliphatic heterocycles. The zero-order valence-corrected chi connectivity index (χ0v) is 8.03. The fraction of sp³-hybridized carbons (Fsp3) is 0.800. The van der Waals surface area contributed by atoms with Crippen molar-refractivity contribution < 1.29 is 4.52 Å². The van der Waals surface area contributed by atoms with Crippen LogP contribution in [0.5, 0.6) is 0 Å². The standard InChI is InChI=1S/C10H14N2O/c1-5-3-7(5)9-11-10(13-12-9)8-4-6(8)2/h5-8H,3-4H2,1-2H3/t5?,6-,7?,8-/m0/s1. The van der Waals surface area contributed by atoms with Gasteiger partial charge in [0.25, 0.3) is 0 Å². The third-order valence-corrected chi connectivity index (χ3v) is 3.33. The Bertz CT molecular complexity index is 303. The van der Waals surface area contributed by atoms with E-state index in [0.29, 0.717) is 11.8 Å². The highest BCUT2D eigenvalue weighted by atomic mass is 16.5. The first kappa shape index (κ1) is 7.54. The molecule has 0 bridgehead atoms. The molecule has 13 heavy (non-hydrogen) atoms. The minimum atomic E-state index is 0.565. The summed E-state index contributed by atoms with van der Waals surface area (Å²) in [5.74, 6) is 4.50. The summed E-state index contributed by atoms with van der Waals surface area (Å²) in [7, 11) is 0. The van der Waals surface area contributed by atoms with E-state index in [1.165, 1.54) is 12.8 Å². The molecule has 0 N–H and O–H groups in total. The van der Waals surface area contributed by atoms with E-state index in [9.17, 15) is 0 Å². The van der Waals surface area contributed by atoms with Crippen molar-refractivity contribution in [2.24, 2.45) is 11.8 Å². The Morgan fingerprint density at radius 1 is 1.15 bits per heavy atom. The van der Waals surface area contributed by atoms with Crippen molar-refractivity contribution in [3.63, 3.8) is 0 Å². The third kappa shape index (κ3) is 1.18. The molecule has 0 aromatic carbocycles. The van der Waals surface area contributed by atoms with Gasteiger partial charge in [-0.1, -0.05) is 19.0 Å². The highest BCUT2D eigenvalue weighted by Gasteiger charge is 2.42. The van der Waals surface area contributed by atoms with Crippen LogP contribution >= 0.6 is 0 Å². The van der Waals surface area contributed by atoms with Gasteiger partial charge in [0, 0.05) is 11.8 Å². The van der Waals surface area contributed by atoms with Gasteiger partial charge in [-0.2, -0.15) is 4.98 Å². The van der Waals surface area contributed by atoms with Crippen molar-refractivity contribution in [1.82, 2.24) is 10.1 Å². The third-order valence-electron chi connectivity index (χ3n) is 3.33. The van der Waals surface area contributed by atoms with Crippen LogP contribution in [0.1, 0.15) is 50.2 Å². The van der Waals surface area contributed by atoms with E-state index in [2.05, 4.69) is 24.0 Å². The van der Waals surface area contributed by atoms with Crippen LogP contribution in [-0.4, -0.2) is 10.1 Å². The van der Waals surface area contributed by atoms with E-state index >= 15 is 0 Å². The fourth-order valence-corrected chi connectivity index (χ4v) is 1.90. The van der Waals surface area contributed by atoms with Crippen molar-refractivity contribution >= 4 is 0 Å². The van der Waals surface area contributed by atoms with E-state index < -0.39 is 0 Å². The second-order valence-corrected chi connectivity index (χ2v) is 4.63. The molecule has 1 aromatic heterocycles. The van der Waals surface area contributed by atoms with Crippen LogP contribution < -0.4 is 0 Å². The predicted molar refractivity (Wildman–Crippen MR) is 47.3 cm³/mol. The number of rotatable bonds is 2. The quantitative estimate of drug-likeness (QED) is 0.697. The van der Waals surface area contributed by atoms with E-state index in [-0.39, 0.29) is 0 Å². The highest BCUT2D eigenvalue weighted by Crippen LogP contribution is 2.49. The second-order valence-electron chi connectivity index (χ2n) is 4.63. The van der Waals surface area contributed by atoms with Crippen molar-refractivity contribution in [2.45, 2.75) is 38.5 Å². The monoisotopic (exact) mass is 178 g/mol. The Hall–Kier alpha value is -0.860. The predicted octanol–water partition coefficient (Wildman–Crippen LogP) is 2.32. The van der Waals surface area contributed by atoms with Crippen LogP contribution in [-0.2, 0) is 0 Å². The first-order valence-corrected chi connectivity index (χ1v) is 5.09. The van der Waals surface area contributed by atoms with Gasteiger partial charge in [0.1, 0.15) is 0 Å². The average molecular weight is 178 g/mol. The number of aromatic nitrogens is 2. The Labute approximate surface area is 77.5 Å². The van der Waals surface area contributed by atoms with E-state index in [1.807, 2.05) is 0 Å². The van der Waals surface area contributed by atoms with Crippen molar-refractivity contribution in [1.29, 1.82) is 0 Å². The lowest BCUT2D eigenvalue weighted by Crippen LogP contribution is -1.85. The topological polar surface area (TPSA) is 38.9 Å². The first-order valence-electron chi connectivity index (χ1n) is 5.09. The molecule has 2 aliphatic rings. The maximum atomic E-state index is 5.25. The Morgan fingerprint density at radius 2 is 1.77 bits per heavy atom. The molecule has 0 saturated heterocycles. The smallest absolute Gasteiger partial charge is 0.230 e. The van der Waals surface area contributed by atoms with Gasteiger partial charge in [0.15, 0.2) is 5.82 Å². The molecule has 2 saturated carbocycles. The van der Waals surface area contributed by atoms with Crippen molar-refractivity contribution in [3.8, 4) is 0 Å². The van der Waals surface area contributed by atoms with Gasteiger partial charge in [-0.15, -0.1) is 0 Å². The molecule has 3 heteroatoms. The summed E-state index contributed by atoms with van der Waals surface area (Å²) >= 11 is 0. The molecule has 1 aromatic rings. The van der Waals surface area contributed by atoms with E-state index in [0.717, 1.165) is 23.6 Å². The summed E-state index contributed by atoms with van der Waals surface area (Å²) in [6, 6.07) is 0. The zero-order chi connectivity index (χ0) is 9.00. The molecule has 0 radical (unpaired) electrons. The van der Waals surface area contributed by atoms with Crippen LogP contribution in [0.25, 0.3) is 0 Å². The summed E-state index contributed by atoms with van der Waals surface area (Å²) < 4.78 is 5.25. The summed E-state index contributed by atoms with van der Waals surface area (Å²) in [4.78, 5) is 4.46. The largest absolute Gasteiger partial charge is 0.339 e. The number of nitrogens with zero attached hydrogens (tertiary/aromatic N) is 2. The Kier molecular flexibility index (Phi) is 1.35. The molecule has 3 rings (SSSR count). The number of hydrogen-bond acceptors (Lipinski definition) is 3. The van der Waals surface area contributed by atoms with Gasteiger partial charge in [-0.3, -0.25) is 0 Å². The molecule has 4 atom stereocenters. The van der Waals surface area contributed by atoms with E-state index in [4.69, 9.17) is 4.52 Å². The average Bonchev–Trinajstić information content (AvgIpc) is 2.96. The van der Waals surface area contributed by atoms with Crippen molar-refractivity contribution in [2.75, 3.05) is 0 Å². The zero-order valence-electron chi connectivity index (χ0n) is 8.03. The molecular formula is C10H14N2O. The van der Waals surface area contributed by atoms with Crippen LogP contribution in [0.4, 0.5) is 0 Å². The Balaban J connectivity index is 1.78. The van der Waals surface area contributed by atoms with Gasteiger partial charge in [0.2, 0.25) is 5.89 Å². The van der Waals surface area contributed by atoms with Gasteiger partial charge >= 0.3 is 0 Å². The molecule has 2 unspecified atom stereocenters. The van der Waals surface area contributed by atoms with Crippen LogP contribution in [0.15, 0.2) is 4.52 Å². The highest BCUT2D eigenvalue weighted by molar-refractivity contribution is 5.12. The van der Waals surface area contributed by atoms with Crippen LogP contribution in [0.3, 0.4) is 0 Å². The molecule has 2 aliphatic carbocycles. The summed E-state index contributed by atoms with van der Waals surface area (Å²) in [6.45, 7) is 4.47. The molecular weight excluding hydrogens is 164 g/mol. The Morgan fingerprint density at radius 3 is 2.31 bits per heavy atom. The van der Waals surface area contributed by atoms with Crippen LogP contribution in [0.2, 0.25) is 0 Å². The molecule has 70 valence electrons. The normalized spacial score (nSPS) is 42.0. The van der Waals surface area contributed by atoms with E-state index in [1.54, 1.807) is 0 Å². The minimum absolute atomic E-state index is 0.565. The lowest BCUT2D eigenvalue weighted by atomic mass is 10.3. The molecule has 2 fully saturated rings. The second kappa shape index (κ2) is 2.34. The summed E-state index contributed by atoms with van der Waals surface area (Å²) in [6.07, 6.45) is 2.46. The van der Waals surface area contributed by atoms with Gasteiger partial charge in [0.05, 0.1) is 0 Å². The van der Waals surface area contributed by atoms with Crippen molar-refractivity contribution in [3.05, 3.63) is 11.7 Å². The summed E-state index contributed by atoms with van der Waals surface area (Å²) in [5.41, 5.74) is 0. The van der Waals surface area contributed by atoms with Crippen LogP contribution in [0, 0.1) is 11.8 Å².